The minimum atomic E-state index is -4.60. The molecule has 8 nitrogen and oxygen atoms in total. The molecule has 188 valence electrons. The summed E-state index contributed by atoms with van der Waals surface area (Å²) in [6, 6.07) is 2.45. The molecule has 1 aliphatic heterocycles. The average Bonchev–Trinajstić information content (AvgIpc) is 2.80. The second kappa shape index (κ2) is 10.3. The summed E-state index contributed by atoms with van der Waals surface area (Å²) in [6.45, 7) is 0.542. The third kappa shape index (κ3) is 6.28. The largest absolute Gasteiger partial charge is 0.419 e. The lowest BCUT2D eigenvalue weighted by molar-refractivity contribution is -0.145. The third-order valence-corrected chi connectivity index (χ3v) is 5.53. The Kier molecular flexibility index (Phi) is 7.66. The number of aromatic nitrogens is 3. The van der Waals surface area contributed by atoms with Crippen LogP contribution < -0.4 is 10.6 Å². The molecule has 1 unspecified atom stereocenters. The highest BCUT2D eigenvalue weighted by atomic mass is 19.4. The maximum absolute atomic E-state index is 14.4. The van der Waals surface area contributed by atoms with Crippen molar-refractivity contribution in [1.29, 1.82) is 5.41 Å². The van der Waals surface area contributed by atoms with E-state index in [2.05, 4.69) is 25.6 Å². The molecular formula is C22H24F5N7O. The quantitative estimate of drug-likeness (QED) is 0.400. The van der Waals surface area contributed by atoms with E-state index in [1.807, 2.05) is 0 Å². The van der Waals surface area contributed by atoms with Crippen LogP contribution in [0.15, 0.2) is 43.1 Å². The molecule has 0 radical (unpaired) electrons. The van der Waals surface area contributed by atoms with Crippen molar-refractivity contribution < 1.29 is 26.7 Å². The summed E-state index contributed by atoms with van der Waals surface area (Å²) in [7, 11) is 1.57. The second-order valence-electron chi connectivity index (χ2n) is 8.18. The first kappa shape index (κ1) is 26.0. The van der Waals surface area contributed by atoms with Crippen LogP contribution in [-0.4, -0.2) is 63.6 Å². The van der Waals surface area contributed by atoms with Gasteiger partial charge in [-0.2, -0.15) is 13.2 Å². The number of carbonyl (C=O) groups is 1. The van der Waals surface area contributed by atoms with Gasteiger partial charge in [-0.05, 0) is 12.0 Å². The summed E-state index contributed by atoms with van der Waals surface area (Å²) in [5.41, 5.74) is -0.916. The summed E-state index contributed by atoms with van der Waals surface area (Å²) in [6.07, 6.45) is 0.490. The van der Waals surface area contributed by atoms with E-state index in [4.69, 9.17) is 5.41 Å². The molecule has 35 heavy (non-hydrogen) atoms. The van der Waals surface area contributed by atoms with E-state index < -0.39 is 54.2 Å². The van der Waals surface area contributed by atoms with Crippen molar-refractivity contribution in [1.82, 2.24) is 25.2 Å². The van der Waals surface area contributed by atoms with Crippen molar-refractivity contribution >= 4 is 23.1 Å². The fourth-order valence-electron chi connectivity index (χ4n) is 3.87. The van der Waals surface area contributed by atoms with Crippen LogP contribution in [0.5, 0.6) is 0 Å². The van der Waals surface area contributed by atoms with Crippen LogP contribution in [-0.2, 0) is 11.0 Å². The molecule has 3 rings (SSSR count). The van der Waals surface area contributed by atoms with Crippen LogP contribution >= 0.6 is 0 Å². The van der Waals surface area contributed by atoms with Crippen LogP contribution in [0.25, 0.3) is 5.57 Å². The van der Waals surface area contributed by atoms with Crippen molar-refractivity contribution in [3.63, 3.8) is 0 Å². The molecule has 0 aliphatic carbocycles. The van der Waals surface area contributed by atoms with Crippen molar-refractivity contribution in [2.75, 3.05) is 25.5 Å². The lowest BCUT2D eigenvalue weighted by atomic mass is 9.87. The average molecular weight is 497 g/mol. The van der Waals surface area contributed by atoms with Crippen molar-refractivity contribution in [2.24, 2.45) is 5.92 Å². The molecule has 1 amide bonds. The van der Waals surface area contributed by atoms with E-state index in [0.717, 1.165) is 4.90 Å². The molecule has 2 aromatic heterocycles. The molecule has 0 spiro atoms. The Labute approximate surface area is 198 Å². The number of anilines is 1. The maximum atomic E-state index is 14.4. The molecule has 2 atom stereocenters. The molecule has 0 saturated carbocycles. The van der Waals surface area contributed by atoms with Gasteiger partial charge in [0.15, 0.2) is 0 Å². The maximum Gasteiger partial charge on any atom is 0.419 e. The lowest BCUT2D eigenvalue weighted by Crippen LogP contribution is -2.58. The van der Waals surface area contributed by atoms with Gasteiger partial charge in [0.05, 0.1) is 18.2 Å². The fourth-order valence-corrected chi connectivity index (χ4v) is 3.87. The van der Waals surface area contributed by atoms with Gasteiger partial charge in [-0.3, -0.25) is 15.2 Å². The van der Waals surface area contributed by atoms with Crippen molar-refractivity contribution in [2.45, 2.75) is 31.5 Å². The number of rotatable bonds is 7. The zero-order chi connectivity index (χ0) is 25.8. The van der Waals surface area contributed by atoms with Gasteiger partial charge in [-0.1, -0.05) is 13.0 Å². The number of nitrogens with one attached hydrogen (secondary N) is 3. The Morgan fingerprint density at radius 1 is 1.29 bits per heavy atom. The first-order valence-corrected chi connectivity index (χ1v) is 10.6. The molecule has 1 saturated heterocycles. The molecule has 2 aromatic rings. The minimum Gasteiger partial charge on any atom is -0.393 e. The van der Waals surface area contributed by atoms with Crippen molar-refractivity contribution in [3.05, 3.63) is 54.2 Å². The van der Waals surface area contributed by atoms with E-state index in [-0.39, 0.29) is 18.1 Å². The molecule has 3 heterocycles. The lowest BCUT2D eigenvalue weighted by Gasteiger charge is -2.43. The Hall–Kier alpha value is -3.64. The number of alkyl halides is 5. The third-order valence-electron chi connectivity index (χ3n) is 5.53. The molecule has 0 aromatic carbocycles. The van der Waals surface area contributed by atoms with Gasteiger partial charge in [-0.15, -0.1) is 0 Å². The highest BCUT2D eigenvalue weighted by Gasteiger charge is 2.46. The van der Waals surface area contributed by atoms with Crippen LogP contribution in [0.1, 0.15) is 24.5 Å². The number of amides is 1. The topological polar surface area (TPSA) is 107 Å². The van der Waals surface area contributed by atoms with E-state index in [1.54, 1.807) is 26.1 Å². The van der Waals surface area contributed by atoms with Gasteiger partial charge in [0.1, 0.15) is 5.71 Å². The molecule has 13 heteroatoms. The van der Waals surface area contributed by atoms with Crippen LogP contribution in [0.4, 0.5) is 27.9 Å². The SMILES string of the molecule is CN/C=C(\C(=N)C(=O)N1CC(F)(F)CC(C)[C@H]1CNc1ncc(C(F)(F)F)cn1)c1cccnc1. The number of pyridine rings is 1. The number of nitrogens with zero attached hydrogens (tertiary/aromatic N) is 4. The fraction of sp³-hybridized carbons (Fsp3) is 0.409. The summed E-state index contributed by atoms with van der Waals surface area (Å²) < 4.78 is 67.1. The predicted octanol–water partition coefficient (Wildman–Crippen LogP) is 3.45. The number of hydrogen-bond donors (Lipinski definition) is 3. The smallest absolute Gasteiger partial charge is 0.393 e. The van der Waals surface area contributed by atoms with Crippen LogP contribution in [0, 0.1) is 11.3 Å². The first-order chi connectivity index (χ1) is 16.4. The normalized spacial score (nSPS) is 20.3. The number of hydrogen-bond acceptors (Lipinski definition) is 7. The van der Waals surface area contributed by atoms with E-state index in [0.29, 0.717) is 18.0 Å². The van der Waals surface area contributed by atoms with E-state index in [9.17, 15) is 26.7 Å². The predicted molar refractivity (Wildman–Crippen MR) is 119 cm³/mol. The number of carbonyl (C=O) groups excluding carboxylic acids is 1. The molecule has 3 N–H and O–H groups in total. The van der Waals surface area contributed by atoms with Gasteiger partial charge in [0.2, 0.25) is 5.95 Å². The molecular weight excluding hydrogens is 473 g/mol. The highest BCUT2D eigenvalue weighted by molar-refractivity contribution is 6.54. The van der Waals surface area contributed by atoms with E-state index in [1.165, 1.54) is 18.6 Å². The summed E-state index contributed by atoms with van der Waals surface area (Å²) >= 11 is 0. The monoisotopic (exact) mass is 497 g/mol. The van der Waals surface area contributed by atoms with E-state index >= 15 is 0 Å². The standard InChI is InChI=1S/C22H24F5N7O/c1-13-6-21(23,24)12-34(17(13)11-33-20-31-8-15(9-32-20)22(25,26)27)19(35)18(28)16(10-29-2)14-4-3-5-30-7-14/h3-5,7-10,13,17,28-29H,6,11-12H2,1-2H3,(H,31,32,33)/b16-10-,28-18?/t13?,17-/m1/s1. The van der Waals surface area contributed by atoms with Crippen LogP contribution in [0.2, 0.25) is 0 Å². The van der Waals surface area contributed by atoms with Crippen molar-refractivity contribution in [3.8, 4) is 0 Å². The molecule has 0 bridgehead atoms. The zero-order valence-corrected chi connectivity index (χ0v) is 18.9. The Morgan fingerprint density at radius 2 is 1.97 bits per heavy atom. The number of likely N-dealkylation sites (tertiary alicyclic amines) is 1. The van der Waals surface area contributed by atoms with Gasteiger partial charge < -0.3 is 15.5 Å². The van der Waals surface area contributed by atoms with Crippen LogP contribution in [0.3, 0.4) is 0 Å². The minimum absolute atomic E-state index is 0.0976. The zero-order valence-electron chi connectivity index (χ0n) is 18.9. The first-order valence-electron chi connectivity index (χ1n) is 10.6. The molecule has 1 aliphatic rings. The summed E-state index contributed by atoms with van der Waals surface area (Å²) in [4.78, 5) is 25.4. The Balaban J connectivity index is 1.83. The Bertz CT molecular complexity index is 1070. The second-order valence-corrected chi connectivity index (χ2v) is 8.18. The summed E-state index contributed by atoms with van der Waals surface area (Å²) in [5.74, 6) is -4.91. The Morgan fingerprint density at radius 3 is 2.54 bits per heavy atom. The number of halogens is 5. The van der Waals surface area contributed by atoms with Gasteiger partial charge in [0, 0.05) is 62.1 Å². The number of piperidine rings is 1. The summed E-state index contributed by atoms with van der Waals surface area (Å²) in [5, 5.41) is 13.9. The van der Waals surface area contributed by atoms with Gasteiger partial charge >= 0.3 is 6.18 Å². The van der Waals surface area contributed by atoms with Gasteiger partial charge in [0.25, 0.3) is 11.8 Å². The highest BCUT2D eigenvalue weighted by Crippen LogP contribution is 2.35. The van der Waals surface area contributed by atoms with Gasteiger partial charge in [-0.25, -0.2) is 18.7 Å². The molecule has 1 fully saturated rings.